The van der Waals surface area contributed by atoms with Gasteiger partial charge in [0, 0.05) is 18.7 Å². The molecule has 1 fully saturated rings. The number of anilines is 1. The molecule has 28 heavy (non-hydrogen) atoms. The fourth-order valence-electron chi connectivity index (χ4n) is 2.75. The van der Waals surface area contributed by atoms with Crippen molar-refractivity contribution >= 4 is 40.1 Å². The number of ether oxygens (including phenoxy) is 1. The molecule has 1 saturated heterocycles. The second kappa shape index (κ2) is 8.65. The van der Waals surface area contributed by atoms with E-state index in [1.807, 2.05) is 12.1 Å². The monoisotopic (exact) mass is 419 g/mol. The molecule has 1 aromatic heterocycles. The van der Waals surface area contributed by atoms with Crippen LogP contribution in [-0.4, -0.2) is 42.4 Å². The molecule has 1 aromatic carbocycles. The van der Waals surface area contributed by atoms with Crippen molar-refractivity contribution in [1.82, 2.24) is 4.31 Å². The van der Waals surface area contributed by atoms with E-state index in [9.17, 15) is 9.59 Å². The fraction of sp³-hybridized carbons (Fsp3) is 0.400. The molecule has 8 heteroatoms. The largest absolute Gasteiger partial charge is 0.379 e. The van der Waals surface area contributed by atoms with Crippen LogP contribution in [0.4, 0.5) is 5.00 Å². The number of primary amides is 1. The molecular formula is C20H25N3O3S2. The number of carbonyl (C=O) groups excluding carboxylic acids is 2. The van der Waals surface area contributed by atoms with Gasteiger partial charge < -0.3 is 15.8 Å². The standard InChI is InChI=1S/C20H25N3O3S2/c1-20(2,3)14-6-4-13(5-7-14)18(25)22-19-15(17(21)24)12-16(27-19)28-23-8-10-26-11-9-23/h4-7,12H,8-11H2,1-3H3,(H2,21,24)(H,22,25). The van der Waals surface area contributed by atoms with Crippen LogP contribution < -0.4 is 11.1 Å². The van der Waals surface area contributed by atoms with Crippen molar-refractivity contribution in [2.75, 3.05) is 31.6 Å². The van der Waals surface area contributed by atoms with Gasteiger partial charge in [0.25, 0.3) is 11.8 Å². The number of nitrogens with zero attached hydrogens (tertiary/aromatic N) is 1. The molecule has 0 bridgehead atoms. The van der Waals surface area contributed by atoms with E-state index in [1.54, 1.807) is 30.1 Å². The summed E-state index contributed by atoms with van der Waals surface area (Å²) in [6, 6.07) is 9.26. The van der Waals surface area contributed by atoms with E-state index in [-0.39, 0.29) is 11.3 Å². The maximum Gasteiger partial charge on any atom is 0.256 e. The Morgan fingerprint density at radius 3 is 2.39 bits per heavy atom. The van der Waals surface area contributed by atoms with Gasteiger partial charge in [0.15, 0.2) is 0 Å². The van der Waals surface area contributed by atoms with Crippen molar-refractivity contribution in [2.45, 2.75) is 30.4 Å². The topological polar surface area (TPSA) is 84.7 Å². The first-order chi connectivity index (χ1) is 13.2. The van der Waals surface area contributed by atoms with Crippen molar-refractivity contribution < 1.29 is 14.3 Å². The Morgan fingerprint density at radius 2 is 1.82 bits per heavy atom. The summed E-state index contributed by atoms with van der Waals surface area (Å²) in [5, 5.41) is 3.33. The number of amides is 2. The van der Waals surface area contributed by atoms with Crippen molar-refractivity contribution in [2.24, 2.45) is 5.73 Å². The fourth-order valence-corrected chi connectivity index (χ4v) is 5.01. The molecule has 150 valence electrons. The summed E-state index contributed by atoms with van der Waals surface area (Å²) in [4.78, 5) is 24.5. The predicted molar refractivity (Wildman–Crippen MR) is 114 cm³/mol. The number of carbonyl (C=O) groups is 2. The van der Waals surface area contributed by atoms with Crippen LogP contribution in [0.25, 0.3) is 0 Å². The first kappa shape index (κ1) is 20.9. The van der Waals surface area contributed by atoms with Crippen LogP contribution in [0, 0.1) is 0 Å². The molecule has 3 rings (SSSR count). The summed E-state index contributed by atoms with van der Waals surface area (Å²) >= 11 is 2.92. The highest BCUT2D eigenvalue weighted by Crippen LogP contribution is 2.37. The maximum absolute atomic E-state index is 12.7. The molecule has 0 spiro atoms. The van der Waals surface area contributed by atoms with Gasteiger partial charge >= 0.3 is 0 Å². The minimum absolute atomic E-state index is 0.0213. The smallest absolute Gasteiger partial charge is 0.256 e. The third-order valence-corrected chi connectivity index (χ3v) is 6.64. The second-order valence-corrected chi connectivity index (χ2v) is 10.0. The summed E-state index contributed by atoms with van der Waals surface area (Å²) in [5.74, 6) is -0.809. The molecule has 2 aromatic rings. The van der Waals surface area contributed by atoms with Crippen LogP contribution in [0.5, 0.6) is 0 Å². The van der Waals surface area contributed by atoms with Crippen LogP contribution >= 0.6 is 23.3 Å². The maximum atomic E-state index is 12.7. The molecule has 1 aliphatic rings. The lowest BCUT2D eigenvalue weighted by Gasteiger charge is -2.24. The number of morpholine rings is 1. The van der Waals surface area contributed by atoms with E-state index in [0.717, 1.165) is 22.9 Å². The van der Waals surface area contributed by atoms with Crippen LogP contribution in [0.3, 0.4) is 0 Å². The lowest BCUT2D eigenvalue weighted by atomic mass is 9.87. The van der Waals surface area contributed by atoms with Gasteiger partial charge in [-0.25, -0.2) is 4.31 Å². The highest BCUT2D eigenvalue weighted by Gasteiger charge is 2.20. The Morgan fingerprint density at radius 1 is 1.18 bits per heavy atom. The Labute approximate surface area is 173 Å². The summed E-state index contributed by atoms with van der Waals surface area (Å²) < 4.78 is 8.44. The van der Waals surface area contributed by atoms with Crippen LogP contribution in [0.15, 0.2) is 34.5 Å². The molecular weight excluding hydrogens is 394 g/mol. The van der Waals surface area contributed by atoms with E-state index in [1.165, 1.54) is 11.3 Å². The van der Waals surface area contributed by atoms with E-state index >= 15 is 0 Å². The van der Waals surface area contributed by atoms with Gasteiger partial charge in [0.1, 0.15) is 5.00 Å². The van der Waals surface area contributed by atoms with E-state index in [2.05, 4.69) is 30.4 Å². The minimum atomic E-state index is -0.552. The molecule has 0 saturated carbocycles. The number of benzene rings is 1. The minimum Gasteiger partial charge on any atom is -0.379 e. The van der Waals surface area contributed by atoms with Gasteiger partial charge in [-0.3, -0.25) is 9.59 Å². The van der Waals surface area contributed by atoms with Gasteiger partial charge in [-0.15, -0.1) is 11.3 Å². The first-order valence-electron chi connectivity index (χ1n) is 9.10. The van der Waals surface area contributed by atoms with Crippen LogP contribution in [0.2, 0.25) is 0 Å². The number of hydrogen-bond acceptors (Lipinski definition) is 6. The predicted octanol–water partition coefficient (Wildman–Crippen LogP) is 3.74. The Balaban J connectivity index is 1.74. The third kappa shape index (κ3) is 5.14. The normalized spacial score (nSPS) is 15.4. The molecule has 0 atom stereocenters. The lowest BCUT2D eigenvalue weighted by molar-refractivity contribution is 0.0773. The zero-order chi connectivity index (χ0) is 20.3. The van der Waals surface area contributed by atoms with Gasteiger partial charge in [0.05, 0.1) is 23.0 Å². The molecule has 0 unspecified atom stereocenters. The highest BCUT2D eigenvalue weighted by atomic mass is 32.2. The third-order valence-electron chi connectivity index (χ3n) is 4.40. The molecule has 2 amide bonds. The van der Waals surface area contributed by atoms with E-state index in [0.29, 0.717) is 29.3 Å². The molecule has 0 aliphatic carbocycles. The van der Waals surface area contributed by atoms with Crippen molar-refractivity contribution in [3.05, 3.63) is 47.0 Å². The number of nitrogens with two attached hydrogens (primary N) is 1. The van der Waals surface area contributed by atoms with Crippen molar-refractivity contribution in [3.8, 4) is 0 Å². The van der Waals surface area contributed by atoms with Gasteiger partial charge in [0.2, 0.25) is 0 Å². The highest BCUT2D eigenvalue weighted by molar-refractivity contribution is 7.99. The molecule has 0 radical (unpaired) electrons. The molecule has 6 nitrogen and oxygen atoms in total. The zero-order valence-corrected chi connectivity index (χ0v) is 17.9. The molecule has 1 aliphatic heterocycles. The second-order valence-electron chi connectivity index (χ2n) is 7.59. The van der Waals surface area contributed by atoms with Gasteiger partial charge in [-0.1, -0.05) is 32.9 Å². The average Bonchev–Trinajstić information content (AvgIpc) is 3.04. The SMILES string of the molecule is CC(C)(C)c1ccc(C(=O)Nc2sc(SN3CCOCC3)cc2C(N)=O)cc1. The van der Waals surface area contributed by atoms with Crippen molar-refractivity contribution in [3.63, 3.8) is 0 Å². The average molecular weight is 420 g/mol. The number of rotatable bonds is 5. The molecule has 3 N–H and O–H groups in total. The van der Waals surface area contributed by atoms with Crippen LogP contribution in [0.1, 0.15) is 47.1 Å². The Bertz CT molecular complexity index is 851. The van der Waals surface area contributed by atoms with E-state index in [4.69, 9.17) is 10.5 Å². The number of hydrogen-bond donors (Lipinski definition) is 2. The number of nitrogens with one attached hydrogen (secondary N) is 1. The zero-order valence-electron chi connectivity index (χ0n) is 16.3. The number of thiophene rings is 1. The van der Waals surface area contributed by atoms with Gasteiger partial charge in [-0.2, -0.15) is 0 Å². The lowest BCUT2D eigenvalue weighted by Crippen LogP contribution is -2.30. The summed E-state index contributed by atoms with van der Waals surface area (Å²) in [6.45, 7) is 9.39. The Kier molecular flexibility index (Phi) is 6.44. The Hall–Kier alpha value is -1.87. The molecule has 2 heterocycles. The van der Waals surface area contributed by atoms with E-state index < -0.39 is 5.91 Å². The van der Waals surface area contributed by atoms with Gasteiger partial charge in [-0.05, 0) is 41.1 Å². The first-order valence-corrected chi connectivity index (χ1v) is 10.7. The van der Waals surface area contributed by atoms with Crippen molar-refractivity contribution in [1.29, 1.82) is 0 Å². The summed E-state index contributed by atoms with van der Waals surface area (Å²) in [6.07, 6.45) is 0. The quantitative estimate of drug-likeness (QED) is 0.721. The summed E-state index contributed by atoms with van der Waals surface area (Å²) in [5.41, 5.74) is 7.57. The van der Waals surface area contributed by atoms with Crippen LogP contribution in [-0.2, 0) is 10.2 Å². The summed E-state index contributed by atoms with van der Waals surface area (Å²) in [7, 11) is 0.